The highest BCUT2D eigenvalue weighted by Gasteiger charge is 2.21. The van der Waals surface area contributed by atoms with Gasteiger partial charge >= 0.3 is 6.03 Å². The fraction of sp³-hybridized carbons (Fsp3) is 0.333. The van der Waals surface area contributed by atoms with Crippen LogP contribution in [-0.2, 0) is 13.0 Å². The standard InChI is InChI=1S/C21H24N6O/c1-15(2)27-20(23-24-25-27)18-11-5-6-12-19(18)22-21(28)26-13-7-10-16-8-3-4-9-17(16)14-26/h3-6,8-9,11-12,15H,7,10,13-14H2,1-2H3,(H,22,28). The number of urea groups is 1. The fourth-order valence-corrected chi connectivity index (χ4v) is 3.57. The first-order valence-corrected chi connectivity index (χ1v) is 9.63. The lowest BCUT2D eigenvalue weighted by Gasteiger charge is -2.22. The summed E-state index contributed by atoms with van der Waals surface area (Å²) in [6.45, 7) is 5.39. The Morgan fingerprint density at radius 1 is 1.07 bits per heavy atom. The highest BCUT2D eigenvalue weighted by molar-refractivity contribution is 5.93. The molecule has 3 aromatic rings. The van der Waals surface area contributed by atoms with Crippen molar-refractivity contribution in [3.8, 4) is 11.4 Å². The highest BCUT2D eigenvalue weighted by Crippen LogP contribution is 2.28. The van der Waals surface area contributed by atoms with Crippen molar-refractivity contribution in [3.63, 3.8) is 0 Å². The fourth-order valence-electron chi connectivity index (χ4n) is 3.57. The molecule has 28 heavy (non-hydrogen) atoms. The zero-order valence-electron chi connectivity index (χ0n) is 16.2. The molecule has 144 valence electrons. The molecule has 2 amide bonds. The van der Waals surface area contributed by atoms with Crippen molar-refractivity contribution in [2.45, 2.75) is 39.3 Å². The second-order valence-corrected chi connectivity index (χ2v) is 7.31. The second kappa shape index (κ2) is 7.80. The molecule has 0 aliphatic carbocycles. The number of benzene rings is 2. The molecular formula is C21H24N6O. The minimum absolute atomic E-state index is 0.104. The molecule has 0 atom stereocenters. The average molecular weight is 376 g/mol. The van der Waals surface area contributed by atoms with Gasteiger partial charge in [0.15, 0.2) is 5.82 Å². The highest BCUT2D eigenvalue weighted by atomic mass is 16.2. The van der Waals surface area contributed by atoms with Gasteiger partial charge in [0.2, 0.25) is 0 Å². The summed E-state index contributed by atoms with van der Waals surface area (Å²) in [6.07, 6.45) is 1.96. The number of anilines is 1. The lowest BCUT2D eigenvalue weighted by atomic mass is 10.0. The van der Waals surface area contributed by atoms with Gasteiger partial charge in [-0.05, 0) is 60.4 Å². The number of para-hydroxylation sites is 1. The number of carbonyl (C=O) groups excluding carboxylic acids is 1. The molecule has 2 heterocycles. The molecule has 0 spiro atoms. The maximum absolute atomic E-state index is 13.0. The summed E-state index contributed by atoms with van der Waals surface area (Å²) in [6, 6.07) is 16.0. The van der Waals surface area contributed by atoms with Crippen LogP contribution in [0.1, 0.15) is 37.4 Å². The maximum Gasteiger partial charge on any atom is 0.322 e. The van der Waals surface area contributed by atoms with E-state index in [1.54, 1.807) is 4.68 Å². The van der Waals surface area contributed by atoms with Crippen LogP contribution in [0.2, 0.25) is 0 Å². The molecule has 7 heteroatoms. The van der Waals surface area contributed by atoms with Crippen LogP contribution in [0.4, 0.5) is 10.5 Å². The van der Waals surface area contributed by atoms with Gasteiger partial charge in [0.1, 0.15) is 0 Å². The van der Waals surface area contributed by atoms with Gasteiger partial charge in [-0.2, -0.15) is 0 Å². The molecule has 1 aromatic heterocycles. The van der Waals surface area contributed by atoms with Crippen LogP contribution < -0.4 is 5.32 Å². The van der Waals surface area contributed by atoms with E-state index >= 15 is 0 Å². The van der Waals surface area contributed by atoms with Crippen molar-refractivity contribution in [2.75, 3.05) is 11.9 Å². The summed E-state index contributed by atoms with van der Waals surface area (Å²) in [4.78, 5) is 14.9. The zero-order valence-corrected chi connectivity index (χ0v) is 16.2. The van der Waals surface area contributed by atoms with Crippen molar-refractivity contribution in [1.29, 1.82) is 0 Å². The zero-order chi connectivity index (χ0) is 19.5. The van der Waals surface area contributed by atoms with Gasteiger partial charge in [0.05, 0.1) is 11.7 Å². The lowest BCUT2D eigenvalue weighted by molar-refractivity contribution is 0.210. The van der Waals surface area contributed by atoms with E-state index in [2.05, 4.69) is 39.0 Å². The van der Waals surface area contributed by atoms with Crippen molar-refractivity contribution in [1.82, 2.24) is 25.1 Å². The van der Waals surface area contributed by atoms with Crippen LogP contribution in [0.5, 0.6) is 0 Å². The van der Waals surface area contributed by atoms with E-state index in [9.17, 15) is 4.79 Å². The van der Waals surface area contributed by atoms with E-state index in [4.69, 9.17) is 0 Å². The first kappa shape index (κ1) is 18.2. The molecule has 0 unspecified atom stereocenters. The van der Waals surface area contributed by atoms with E-state index in [1.807, 2.05) is 49.1 Å². The van der Waals surface area contributed by atoms with Crippen LogP contribution in [0.25, 0.3) is 11.4 Å². The molecule has 1 N–H and O–H groups in total. The summed E-state index contributed by atoms with van der Waals surface area (Å²) >= 11 is 0. The molecule has 1 aliphatic rings. The summed E-state index contributed by atoms with van der Waals surface area (Å²) in [5.41, 5.74) is 4.06. The van der Waals surface area contributed by atoms with Crippen molar-refractivity contribution >= 4 is 11.7 Å². The Kier molecular flexibility index (Phi) is 5.06. The minimum atomic E-state index is -0.104. The number of nitrogens with one attached hydrogen (secondary N) is 1. The Morgan fingerprint density at radius 3 is 2.64 bits per heavy atom. The molecule has 2 aromatic carbocycles. The van der Waals surface area contributed by atoms with Gasteiger partial charge in [0, 0.05) is 18.7 Å². The van der Waals surface area contributed by atoms with E-state index < -0.39 is 0 Å². The Balaban J connectivity index is 1.58. The Morgan fingerprint density at radius 2 is 1.82 bits per heavy atom. The second-order valence-electron chi connectivity index (χ2n) is 7.31. The van der Waals surface area contributed by atoms with Crippen LogP contribution in [-0.4, -0.2) is 37.7 Å². The number of rotatable bonds is 3. The van der Waals surface area contributed by atoms with Crippen LogP contribution in [0, 0.1) is 0 Å². The van der Waals surface area contributed by atoms with Crippen LogP contribution in [0.3, 0.4) is 0 Å². The van der Waals surface area contributed by atoms with Gasteiger partial charge in [0.25, 0.3) is 0 Å². The number of aryl methyl sites for hydroxylation is 1. The number of amides is 2. The molecule has 1 aliphatic heterocycles. The third kappa shape index (κ3) is 3.60. The first-order valence-electron chi connectivity index (χ1n) is 9.63. The smallest absolute Gasteiger partial charge is 0.320 e. The molecule has 0 bridgehead atoms. The largest absolute Gasteiger partial charge is 0.322 e. The van der Waals surface area contributed by atoms with Crippen molar-refractivity contribution < 1.29 is 4.79 Å². The molecule has 0 radical (unpaired) electrons. The normalized spacial score (nSPS) is 13.9. The summed E-state index contributed by atoms with van der Waals surface area (Å²) in [7, 11) is 0. The first-order chi connectivity index (χ1) is 13.6. The average Bonchev–Trinajstić information content (AvgIpc) is 3.08. The Hall–Kier alpha value is -3.22. The molecule has 4 rings (SSSR count). The number of nitrogens with zero attached hydrogens (tertiary/aromatic N) is 5. The number of tetrazole rings is 1. The Bertz CT molecular complexity index is 980. The van der Waals surface area contributed by atoms with Crippen LogP contribution in [0.15, 0.2) is 48.5 Å². The number of hydrogen-bond acceptors (Lipinski definition) is 4. The van der Waals surface area contributed by atoms with Gasteiger partial charge in [-0.1, -0.05) is 36.4 Å². The van der Waals surface area contributed by atoms with Gasteiger partial charge in [-0.15, -0.1) is 5.10 Å². The third-order valence-corrected chi connectivity index (χ3v) is 5.03. The SMILES string of the molecule is CC(C)n1nnnc1-c1ccccc1NC(=O)N1CCCc2ccccc2C1. The van der Waals surface area contributed by atoms with Crippen LogP contribution >= 0.6 is 0 Å². The minimum Gasteiger partial charge on any atom is -0.320 e. The molecule has 0 fully saturated rings. The van der Waals surface area contributed by atoms with Gasteiger partial charge in [-0.25, -0.2) is 9.48 Å². The quantitative estimate of drug-likeness (QED) is 0.752. The van der Waals surface area contributed by atoms with Gasteiger partial charge in [-0.3, -0.25) is 0 Å². The number of carbonyl (C=O) groups is 1. The summed E-state index contributed by atoms with van der Waals surface area (Å²) in [5, 5.41) is 15.1. The molecule has 7 nitrogen and oxygen atoms in total. The third-order valence-electron chi connectivity index (χ3n) is 5.03. The van der Waals surface area contributed by atoms with Crippen molar-refractivity contribution in [2.24, 2.45) is 0 Å². The van der Waals surface area contributed by atoms with E-state index in [0.29, 0.717) is 18.1 Å². The monoisotopic (exact) mass is 376 g/mol. The number of fused-ring (bicyclic) bond motifs is 1. The lowest BCUT2D eigenvalue weighted by Crippen LogP contribution is -2.34. The predicted molar refractivity (Wildman–Crippen MR) is 108 cm³/mol. The van der Waals surface area contributed by atoms with E-state index in [-0.39, 0.29) is 12.1 Å². The summed E-state index contributed by atoms with van der Waals surface area (Å²) in [5.74, 6) is 0.645. The van der Waals surface area contributed by atoms with E-state index in [1.165, 1.54) is 11.1 Å². The van der Waals surface area contributed by atoms with E-state index in [0.717, 1.165) is 24.9 Å². The molecular weight excluding hydrogens is 352 g/mol. The Labute approximate surface area is 164 Å². The number of hydrogen-bond donors (Lipinski definition) is 1. The molecule has 0 saturated carbocycles. The topological polar surface area (TPSA) is 75.9 Å². The number of aromatic nitrogens is 4. The van der Waals surface area contributed by atoms with Gasteiger partial charge < -0.3 is 10.2 Å². The maximum atomic E-state index is 13.0. The van der Waals surface area contributed by atoms with Crippen molar-refractivity contribution in [3.05, 3.63) is 59.7 Å². The predicted octanol–water partition coefficient (Wildman–Crippen LogP) is 3.90. The summed E-state index contributed by atoms with van der Waals surface area (Å²) < 4.78 is 1.76. The molecule has 0 saturated heterocycles.